The summed E-state index contributed by atoms with van der Waals surface area (Å²) < 4.78 is 1.98. The van der Waals surface area contributed by atoms with Crippen molar-refractivity contribution >= 4 is 17.0 Å². The Morgan fingerprint density at radius 2 is 2.32 bits per heavy atom. The number of carbonyl (C=O) groups is 1. The van der Waals surface area contributed by atoms with Crippen LogP contribution in [0.5, 0.6) is 0 Å². The number of imidazole rings is 1. The highest BCUT2D eigenvalue weighted by atomic mass is 16.4. The molecule has 0 radical (unpaired) electrons. The van der Waals surface area contributed by atoms with Crippen molar-refractivity contribution in [2.24, 2.45) is 13.0 Å². The monoisotopic (exact) mass is 261 g/mol. The molecule has 1 aromatic carbocycles. The Bertz CT molecular complexity index is 577. The summed E-state index contributed by atoms with van der Waals surface area (Å²) in [4.78, 5) is 15.2. The van der Waals surface area contributed by atoms with Crippen LogP contribution in [-0.2, 0) is 18.4 Å². The van der Waals surface area contributed by atoms with Crippen molar-refractivity contribution in [3.05, 3.63) is 30.1 Å². The highest BCUT2D eigenvalue weighted by Crippen LogP contribution is 2.13. The molecule has 0 spiro atoms. The Morgan fingerprint density at radius 3 is 3.00 bits per heavy atom. The molecule has 19 heavy (non-hydrogen) atoms. The molecule has 0 saturated carbocycles. The van der Waals surface area contributed by atoms with E-state index in [0.717, 1.165) is 16.6 Å². The summed E-state index contributed by atoms with van der Waals surface area (Å²) >= 11 is 0. The van der Waals surface area contributed by atoms with E-state index in [-0.39, 0.29) is 5.92 Å². The number of hydrogen-bond acceptors (Lipinski definition) is 3. The zero-order chi connectivity index (χ0) is 13.8. The summed E-state index contributed by atoms with van der Waals surface area (Å²) in [6.07, 6.45) is 2.43. The Labute approximate surface area is 112 Å². The van der Waals surface area contributed by atoms with Crippen molar-refractivity contribution in [2.45, 2.75) is 19.9 Å². The van der Waals surface area contributed by atoms with Crippen molar-refractivity contribution in [3.63, 3.8) is 0 Å². The lowest BCUT2D eigenvalue weighted by atomic mass is 10.1. The minimum Gasteiger partial charge on any atom is -0.481 e. The van der Waals surface area contributed by atoms with Crippen molar-refractivity contribution in [1.82, 2.24) is 14.9 Å². The zero-order valence-electron chi connectivity index (χ0n) is 11.3. The molecule has 5 nitrogen and oxygen atoms in total. The number of carboxylic acids is 1. The van der Waals surface area contributed by atoms with Gasteiger partial charge in [-0.2, -0.15) is 0 Å². The molecule has 0 fully saturated rings. The van der Waals surface area contributed by atoms with E-state index in [1.807, 2.05) is 36.7 Å². The van der Waals surface area contributed by atoms with Crippen LogP contribution in [0.4, 0.5) is 0 Å². The highest BCUT2D eigenvalue weighted by Gasteiger charge is 2.13. The average molecular weight is 261 g/mol. The van der Waals surface area contributed by atoms with Crippen LogP contribution in [0.2, 0.25) is 0 Å². The van der Waals surface area contributed by atoms with Crippen LogP contribution in [0, 0.1) is 5.92 Å². The predicted octanol–water partition coefficient (Wildman–Crippen LogP) is 1.77. The number of hydrogen-bond donors (Lipinski definition) is 2. The summed E-state index contributed by atoms with van der Waals surface area (Å²) in [5, 5.41) is 12.2. The second-order valence-electron chi connectivity index (χ2n) is 4.75. The third-order valence-corrected chi connectivity index (χ3v) is 3.35. The molecule has 1 unspecified atom stereocenters. The standard InChI is InChI=1S/C14H19N3O2/c1-3-11(14(18)19)8-15-7-10-4-5-13-12(6-10)16-9-17(13)2/h4-6,9,11,15H,3,7-8H2,1-2H3,(H,18,19). The lowest BCUT2D eigenvalue weighted by molar-refractivity contribution is -0.141. The highest BCUT2D eigenvalue weighted by molar-refractivity contribution is 5.75. The van der Waals surface area contributed by atoms with Crippen LogP contribution in [0.3, 0.4) is 0 Å². The quantitative estimate of drug-likeness (QED) is 0.831. The molecule has 5 heteroatoms. The number of carboxylic acid groups (broad SMARTS) is 1. The van der Waals surface area contributed by atoms with E-state index in [2.05, 4.69) is 10.3 Å². The number of aliphatic carboxylic acids is 1. The smallest absolute Gasteiger partial charge is 0.307 e. The van der Waals surface area contributed by atoms with E-state index in [1.165, 1.54) is 0 Å². The van der Waals surface area contributed by atoms with Gasteiger partial charge in [0.15, 0.2) is 0 Å². The number of aryl methyl sites for hydroxylation is 1. The van der Waals surface area contributed by atoms with Gasteiger partial charge in [0.1, 0.15) is 0 Å². The Kier molecular flexibility index (Phi) is 4.16. The lowest BCUT2D eigenvalue weighted by Gasteiger charge is -2.11. The van der Waals surface area contributed by atoms with E-state index in [4.69, 9.17) is 5.11 Å². The fourth-order valence-corrected chi connectivity index (χ4v) is 2.09. The summed E-state index contributed by atoms with van der Waals surface area (Å²) in [5.41, 5.74) is 3.18. The summed E-state index contributed by atoms with van der Waals surface area (Å²) in [7, 11) is 1.96. The van der Waals surface area contributed by atoms with E-state index in [0.29, 0.717) is 19.5 Å². The molecule has 0 aliphatic rings. The minimum absolute atomic E-state index is 0.321. The zero-order valence-corrected chi connectivity index (χ0v) is 11.3. The molecule has 2 aromatic rings. The molecule has 0 aliphatic carbocycles. The van der Waals surface area contributed by atoms with Crippen molar-refractivity contribution in [3.8, 4) is 0 Å². The molecule has 0 aliphatic heterocycles. The summed E-state index contributed by atoms with van der Waals surface area (Å²) in [5.74, 6) is -1.06. The number of benzene rings is 1. The summed E-state index contributed by atoms with van der Waals surface area (Å²) in [6.45, 7) is 3.04. The average Bonchev–Trinajstić information content (AvgIpc) is 2.75. The topological polar surface area (TPSA) is 67.2 Å². The lowest BCUT2D eigenvalue weighted by Crippen LogP contribution is -2.27. The summed E-state index contributed by atoms with van der Waals surface area (Å²) in [6, 6.07) is 6.11. The molecule has 1 aromatic heterocycles. The first-order valence-corrected chi connectivity index (χ1v) is 6.45. The normalized spacial score (nSPS) is 12.7. The fourth-order valence-electron chi connectivity index (χ4n) is 2.09. The molecule has 0 bridgehead atoms. The van der Waals surface area contributed by atoms with Crippen LogP contribution in [0.15, 0.2) is 24.5 Å². The van der Waals surface area contributed by atoms with Crippen molar-refractivity contribution < 1.29 is 9.90 Å². The van der Waals surface area contributed by atoms with Gasteiger partial charge < -0.3 is 15.0 Å². The van der Waals surface area contributed by atoms with Gasteiger partial charge in [0.2, 0.25) is 0 Å². The van der Waals surface area contributed by atoms with Gasteiger partial charge in [-0.1, -0.05) is 13.0 Å². The number of nitrogens with one attached hydrogen (secondary N) is 1. The number of nitrogens with zero attached hydrogens (tertiary/aromatic N) is 2. The number of rotatable bonds is 6. The molecule has 2 N–H and O–H groups in total. The minimum atomic E-state index is -0.741. The number of fused-ring (bicyclic) bond motifs is 1. The van der Waals surface area contributed by atoms with Crippen LogP contribution in [0.1, 0.15) is 18.9 Å². The number of aromatic nitrogens is 2. The third-order valence-electron chi connectivity index (χ3n) is 3.35. The van der Waals surface area contributed by atoms with Crippen LogP contribution in [-0.4, -0.2) is 27.2 Å². The SMILES string of the molecule is CCC(CNCc1ccc2c(c1)ncn2C)C(=O)O. The van der Waals surface area contributed by atoms with E-state index in [9.17, 15) is 4.79 Å². The molecule has 1 heterocycles. The van der Waals surface area contributed by atoms with Gasteiger partial charge in [-0.15, -0.1) is 0 Å². The van der Waals surface area contributed by atoms with Crippen LogP contribution < -0.4 is 5.32 Å². The molecule has 1 atom stereocenters. The van der Waals surface area contributed by atoms with E-state index in [1.54, 1.807) is 6.33 Å². The molecule has 0 saturated heterocycles. The first-order valence-electron chi connectivity index (χ1n) is 6.45. The van der Waals surface area contributed by atoms with Gasteiger partial charge in [-0.25, -0.2) is 4.98 Å². The molecule has 0 amide bonds. The van der Waals surface area contributed by atoms with Crippen molar-refractivity contribution in [1.29, 1.82) is 0 Å². The maximum atomic E-state index is 10.9. The van der Waals surface area contributed by atoms with Crippen molar-refractivity contribution in [2.75, 3.05) is 6.54 Å². The molecule has 2 rings (SSSR count). The van der Waals surface area contributed by atoms with Crippen LogP contribution >= 0.6 is 0 Å². The first kappa shape index (κ1) is 13.5. The second-order valence-corrected chi connectivity index (χ2v) is 4.75. The first-order chi connectivity index (χ1) is 9.11. The van der Waals surface area contributed by atoms with Gasteiger partial charge in [-0.05, 0) is 24.1 Å². The third kappa shape index (κ3) is 3.12. The molecular weight excluding hydrogens is 242 g/mol. The fraction of sp³-hybridized carbons (Fsp3) is 0.429. The largest absolute Gasteiger partial charge is 0.481 e. The Balaban J connectivity index is 1.96. The van der Waals surface area contributed by atoms with Crippen LogP contribution in [0.25, 0.3) is 11.0 Å². The van der Waals surface area contributed by atoms with E-state index >= 15 is 0 Å². The maximum absolute atomic E-state index is 10.9. The van der Waals surface area contributed by atoms with Gasteiger partial charge in [0, 0.05) is 20.1 Å². The van der Waals surface area contributed by atoms with Gasteiger partial charge in [0.25, 0.3) is 0 Å². The Hall–Kier alpha value is -1.88. The van der Waals surface area contributed by atoms with E-state index < -0.39 is 5.97 Å². The molecule has 102 valence electrons. The Morgan fingerprint density at radius 1 is 1.53 bits per heavy atom. The van der Waals surface area contributed by atoms with Gasteiger partial charge >= 0.3 is 5.97 Å². The van der Waals surface area contributed by atoms with Gasteiger partial charge in [0.05, 0.1) is 23.3 Å². The van der Waals surface area contributed by atoms with Gasteiger partial charge in [-0.3, -0.25) is 4.79 Å². The second kappa shape index (κ2) is 5.84. The maximum Gasteiger partial charge on any atom is 0.307 e. The predicted molar refractivity (Wildman–Crippen MR) is 73.8 cm³/mol. The molecular formula is C14H19N3O2.